The molecule has 1 amide bonds. The van der Waals surface area contributed by atoms with Crippen molar-refractivity contribution in [2.24, 2.45) is 0 Å². The molecule has 0 bridgehead atoms. The molecular weight excluding hydrogens is 488 g/mol. The Balaban J connectivity index is 1.35. The fourth-order valence-corrected chi connectivity index (χ4v) is 5.28. The molecule has 1 N–H and O–H groups in total. The van der Waals surface area contributed by atoms with Crippen molar-refractivity contribution in [3.8, 4) is 32.8 Å². The Hall–Kier alpha value is -4.35. The molecule has 0 aliphatic rings. The summed E-state index contributed by atoms with van der Waals surface area (Å²) >= 11 is 1.44. The molecule has 0 atom stereocenters. The highest BCUT2D eigenvalue weighted by Gasteiger charge is 2.17. The molecule has 38 heavy (non-hydrogen) atoms. The lowest BCUT2D eigenvalue weighted by atomic mass is 10.0. The fourth-order valence-electron chi connectivity index (χ4n) is 4.27. The molecule has 0 spiro atoms. The van der Waals surface area contributed by atoms with Crippen molar-refractivity contribution in [3.63, 3.8) is 0 Å². The van der Waals surface area contributed by atoms with E-state index in [2.05, 4.69) is 41.7 Å². The number of nitrogens with zero attached hydrogens (tertiary/aromatic N) is 1. The van der Waals surface area contributed by atoms with Crippen LogP contribution in [0.15, 0.2) is 103 Å². The molecular formula is C33H28N2O2S. The predicted molar refractivity (Wildman–Crippen MR) is 157 cm³/mol. The highest BCUT2D eigenvalue weighted by Crippen LogP contribution is 2.39. The van der Waals surface area contributed by atoms with Crippen LogP contribution in [0.2, 0.25) is 0 Å². The second-order valence-corrected chi connectivity index (χ2v) is 10.3. The molecule has 5 heteroatoms. The first-order chi connectivity index (χ1) is 18.5. The third-order valence-electron chi connectivity index (χ3n) is 6.58. The Bertz CT molecular complexity index is 1570. The van der Waals surface area contributed by atoms with Gasteiger partial charge in [-0.3, -0.25) is 9.59 Å². The molecule has 4 nitrogen and oxygen atoms in total. The van der Waals surface area contributed by atoms with Crippen LogP contribution in [0.1, 0.15) is 34.3 Å². The van der Waals surface area contributed by atoms with E-state index in [1.165, 1.54) is 11.3 Å². The van der Waals surface area contributed by atoms with Gasteiger partial charge in [-0.2, -0.15) is 0 Å². The van der Waals surface area contributed by atoms with Crippen LogP contribution >= 0.6 is 11.3 Å². The van der Waals surface area contributed by atoms with E-state index in [-0.39, 0.29) is 24.5 Å². The third-order valence-corrected chi connectivity index (χ3v) is 7.60. The summed E-state index contributed by atoms with van der Waals surface area (Å²) < 4.78 is 0. The van der Waals surface area contributed by atoms with Crippen molar-refractivity contribution in [1.82, 2.24) is 4.98 Å². The van der Waals surface area contributed by atoms with Crippen LogP contribution in [0.25, 0.3) is 32.8 Å². The zero-order valence-corrected chi connectivity index (χ0v) is 22.2. The van der Waals surface area contributed by atoms with Crippen molar-refractivity contribution in [2.45, 2.75) is 26.7 Å². The first-order valence-electron chi connectivity index (χ1n) is 12.6. The molecule has 0 saturated heterocycles. The van der Waals surface area contributed by atoms with Crippen molar-refractivity contribution < 1.29 is 9.59 Å². The Morgan fingerprint density at radius 1 is 0.684 bits per heavy atom. The van der Waals surface area contributed by atoms with Gasteiger partial charge in [-0.15, -0.1) is 0 Å². The Labute approximate surface area is 227 Å². The number of amides is 1. The SMILES string of the molecule is Cc1ccc(C(=O)CCC(=O)Nc2nc(-c3ccccc3)c(-c3ccc(-c4ccccc4)cc3)s2)cc1C. The Morgan fingerprint density at radius 2 is 1.29 bits per heavy atom. The summed E-state index contributed by atoms with van der Waals surface area (Å²) in [5.74, 6) is -0.256. The highest BCUT2D eigenvalue weighted by atomic mass is 32.1. The summed E-state index contributed by atoms with van der Waals surface area (Å²) in [4.78, 5) is 31.2. The lowest BCUT2D eigenvalue weighted by Crippen LogP contribution is -2.13. The molecule has 0 saturated carbocycles. The van der Waals surface area contributed by atoms with Crippen LogP contribution < -0.4 is 5.32 Å². The van der Waals surface area contributed by atoms with Gasteiger partial charge in [-0.05, 0) is 47.7 Å². The van der Waals surface area contributed by atoms with E-state index in [9.17, 15) is 9.59 Å². The standard InChI is InChI=1S/C33H28N2O2S/c1-22-13-14-28(21-23(22)2)29(36)19-20-30(37)34-33-35-31(26-11-7-4-8-12-26)32(38-33)27-17-15-25(16-18-27)24-9-5-3-6-10-24/h3-18,21H,19-20H2,1-2H3,(H,34,35,37). The van der Waals surface area contributed by atoms with Gasteiger partial charge in [-0.25, -0.2) is 4.98 Å². The monoisotopic (exact) mass is 516 g/mol. The first-order valence-corrected chi connectivity index (χ1v) is 13.4. The van der Waals surface area contributed by atoms with Gasteiger partial charge in [-0.1, -0.05) is 108 Å². The van der Waals surface area contributed by atoms with E-state index in [1.54, 1.807) is 0 Å². The van der Waals surface area contributed by atoms with Crippen molar-refractivity contribution in [3.05, 3.63) is 120 Å². The summed E-state index contributed by atoms with van der Waals surface area (Å²) in [5.41, 5.74) is 8.00. The van der Waals surface area contributed by atoms with E-state index in [0.29, 0.717) is 10.7 Å². The van der Waals surface area contributed by atoms with Crippen molar-refractivity contribution >= 4 is 28.2 Å². The maximum absolute atomic E-state index is 12.8. The van der Waals surface area contributed by atoms with Crippen molar-refractivity contribution in [1.29, 1.82) is 0 Å². The van der Waals surface area contributed by atoms with E-state index in [4.69, 9.17) is 4.98 Å². The smallest absolute Gasteiger partial charge is 0.226 e. The number of ketones is 1. The number of rotatable bonds is 8. The van der Waals surface area contributed by atoms with Gasteiger partial charge in [0, 0.05) is 24.0 Å². The van der Waals surface area contributed by atoms with Crippen LogP contribution in [0.4, 0.5) is 5.13 Å². The van der Waals surface area contributed by atoms with Gasteiger partial charge in [0.2, 0.25) is 5.91 Å². The van der Waals surface area contributed by atoms with Gasteiger partial charge in [0.1, 0.15) is 0 Å². The summed E-state index contributed by atoms with van der Waals surface area (Å²) in [6.45, 7) is 4.00. The summed E-state index contributed by atoms with van der Waals surface area (Å²) in [6.07, 6.45) is 0.256. The third kappa shape index (κ3) is 5.79. The molecule has 188 valence electrons. The first kappa shape index (κ1) is 25.3. The predicted octanol–water partition coefficient (Wildman–Crippen LogP) is 8.36. The molecule has 0 aliphatic heterocycles. The number of aryl methyl sites for hydroxylation is 2. The Morgan fingerprint density at radius 3 is 1.95 bits per heavy atom. The van der Waals surface area contributed by atoms with E-state index in [1.807, 2.05) is 80.6 Å². The summed E-state index contributed by atoms with van der Waals surface area (Å²) in [5, 5.41) is 3.45. The van der Waals surface area contributed by atoms with Gasteiger partial charge in [0.25, 0.3) is 0 Å². The molecule has 4 aromatic carbocycles. The largest absolute Gasteiger partial charge is 0.302 e. The highest BCUT2D eigenvalue weighted by molar-refractivity contribution is 7.19. The van der Waals surface area contributed by atoms with Crippen LogP contribution in [0.3, 0.4) is 0 Å². The van der Waals surface area contributed by atoms with E-state index >= 15 is 0 Å². The van der Waals surface area contributed by atoms with Crippen LogP contribution in [-0.4, -0.2) is 16.7 Å². The summed E-state index contributed by atoms with van der Waals surface area (Å²) in [7, 11) is 0. The number of hydrogen-bond donors (Lipinski definition) is 1. The number of anilines is 1. The van der Waals surface area contributed by atoms with Gasteiger partial charge in [0.05, 0.1) is 10.6 Å². The quantitative estimate of drug-likeness (QED) is 0.211. The average Bonchev–Trinajstić information content (AvgIpc) is 3.38. The number of hydrogen-bond acceptors (Lipinski definition) is 4. The molecule has 0 aliphatic carbocycles. The maximum atomic E-state index is 12.8. The number of carbonyl (C=O) groups excluding carboxylic acids is 2. The minimum absolute atomic E-state index is 0.0356. The average molecular weight is 517 g/mol. The molecule has 0 fully saturated rings. The summed E-state index contributed by atoms with van der Waals surface area (Å²) in [6, 6.07) is 34.3. The lowest BCUT2D eigenvalue weighted by Gasteiger charge is -2.05. The van der Waals surface area contributed by atoms with Crippen LogP contribution in [-0.2, 0) is 4.79 Å². The van der Waals surface area contributed by atoms with Gasteiger partial charge in [0.15, 0.2) is 10.9 Å². The van der Waals surface area contributed by atoms with E-state index < -0.39 is 0 Å². The number of aromatic nitrogens is 1. The lowest BCUT2D eigenvalue weighted by molar-refractivity contribution is -0.116. The number of benzene rings is 4. The van der Waals surface area contributed by atoms with Crippen molar-refractivity contribution in [2.75, 3.05) is 5.32 Å². The zero-order valence-electron chi connectivity index (χ0n) is 21.4. The van der Waals surface area contributed by atoms with Gasteiger partial charge < -0.3 is 5.32 Å². The maximum Gasteiger partial charge on any atom is 0.226 e. The number of carbonyl (C=O) groups is 2. The minimum Gasteiger partial charge on any atom is -0.302 e. The fraction of sp³-hybridized carbons (Fsp3) is 0.121. The molecule has 0 radical (unpaired) electrons. The van der Waals surface area contributed by atoms with Crippen LogP contribution in [0.5, 0.6) is 0 Å². The minimum atomic E-state index is -0.221. The second kappa shape index (κ2) is 11.4. The number of Topliss-reactive ketones (excluding diaryl/α,β-unsaturated/α-hetero) is 1. The second-order valence-electron chi connectivity index (χ2n) is 9.28. The Kier molecular flexibility index (Phi) is 7.57. The normalized spacial score (nSPS) is 10.8. The molecule has 1 aromatic heterocycles. The molecule has 0 unspecified atom stereocenters. The molecule has 1 heterocycles. The zero-order chi connectivity index (χ0) is 26.5. The van der Waals surface area contributed by atoms with E-state index in [0.717, 1.165) is 44.0 Å². The van der Waals surface area contributed by atoms with Gasteiger partial charge >= 0.3 is 0 Å². The number of thiazole rings is 1. The molecule has 5 aromatic rings. The number of nitrogens with one attached hydrogen (secondary N) is 1. The van der Waals surface area contributed by atoms with Crippen LogP contribution in [0, 0.1) is 13.8 Å². The molecule has 5 rings (SSSR count). The topological polar surface area (TPSA) is 59.1 Å².